The molecule has 1 aromatic carbocycles. The zero-order valence-corrected chi connectivity index (χ0v) is 10.1. The standard InChI is InChI=1S/C12H12F4N2O/c1-17-9-4-5-18(11(9)19)10-6-7(12(14,15)16)2-3-8(10)13/h2-3,6,9,17H,4-5H2,1H3. The predicted octanol–water partition coefficient (Wildman–Crippen LogP) is 2.17. The third kappa shape index (κ3) is 2.56. The summed E-state index contributed by atoms with van der Waals surface area (Å²) < 4.78 is 51.4. The van der Waals surface area contributed by atoms with Crippen LogP contribution in [0.2, 0.25) is 0 Å². The van der Waals surface area contributed by atoms with Crippen molar-refractivity contribution in [1.29, 1.82) is 0 Å². The summed E-state index contributed by atoms with van der Waals surface area (Å²) in [6, 6.07) is 1.59. The molecule has 0 bridgehead atoms. The first kappa shape index (κ1) is 13.8. The molecule has 19 heavy (non-hydrogen) atoms. The molecule has 104 valence electrons. The Labute approximate surface area is 107 Å². The van der Waals surface area contributed by atoms with Crippen molar-refractivity contribution >= 4 is 11.6 Å². The van der Waals surface area contributed by atoms with Crippen LogP contribution in [0.3, 0.4) is 0 Å². The van der Waals surface area contributed by atoms with Crippen LogP contribution in [0.25, 0.3) is 0 Å². The molecule has 0 saturated carbocycles. The zero-order chi connectivity index (χ0) is 14.2. The van der Waals surface area contributed by atoms with E-state index in [0.29, 0.717) is 18.6 Å². The molecule has 0 radical (unpaired) electrons. The molecule has 1 N–H and O–H groups in total. The molecule has 1 heterocycles. The Morgan fingerprint density at radius 2 is 2.05 bits per heavy atom. The molecule has 0 aliphatic carbocycles. The van der Waals surface area contributed by atoms with Gasteiger partial charge in [0, 0.05) is 6.54 Å². The van der Waals surface area contributed by atoms with Crippen LogP contribution in [0.15, 0.2) is 18.2 Å². The van der Waals surface area contributed by atoms with Gasteiger partial charge in [0.05, 0.1) is 17.3 Å². The fraction of sp³-hybridized carbons (Fsp3) is 0.417. The van der Waals surface area contributed by atoms with E-state index in [2.05, 4.69) is 5.32 Å². The third-order valence-electron chi connectivity index (χ3n) is 3.12. The van der Waals surface area contributed by atoms with Crippen LogP contribution in [0.4, 0.5) is 23.2 Å². The summed E-state index contributed by atoms with van der Waals surface area (Å²) in [5.41, 5.74) is -1.29. The second kappa shape index (κ2) is 4.80. The highest BCUT2D eigenvalue weighted by atomic mass is 19.4. The lowest BCUT2D eigenvalue weighted by Gasteiger charge is -2.19. The lowest BCUT2D eigenvalue weighted by Crippen LogP contribution is -2.36. The quantitative estimate of drug-likeness (QED) is 0.840. The van der Waals surface area contributed by atoms with Crippen molar-refractivity contribution in [3.8, 4) is 0 Å². The van der Waals surface area contributed by atoms with Gasteiger partial charge in [0.2, 0.25) is 5.91 Å². The maximum absolute atomic E-state index is 13.6. The summed E-state index contributed by atoms with van der Waals surface area (Å²) in [5.74, 6) is -1.25. The number of carbonyl (C=O) groups is 1. The Hall–Kier alpha value is -1.63. The summed E-state index contributed by atoms with van der Waals surface area (Å²) >= 11 is 0. The number of likely N-dealkylation sites (N-methyl/N-ethyl adjacent to an activating group) is 1. The number of rotatable bonds is 2. The van der Waals surface area contributed by atoms with Crippen molar-refractivity contribution in [1.82, 2.24) is 5.32 Å². The third-order valence-corrected chi connectivity index (χ3v) is 3.12. The number of nitrogens with one attached hydrogen (secondary N) is 1. The smallest absolute Gasteiger partial charge is 0.309 e. The molecular formula is C12H12F4N2O. The second-order valence-electron chi connectivity index (χ2n) is 4.28. The molecule has 1 amide bonds. The van der Waals surface area contributed by atoms with Gasteiger partial charge in [-0.1, -0.05) is 0 Å². The van der Waals surface area contributed by atoms with Crippen molar-refractivity contribution in [3.63, 3.8) is 0 Å². The van der Waals surface area contributed by atoms with Crippen molar-refractivity contribution in [2.24, 2.45) is 0 Å². The Morgan fingerprint density at radius 3 is 2.58 bits per heavy atom. The summed E-state index contributed by atoms with van der Waals surface area (Å²) in [6.45, 7) is 0.197. The van der Waals surface area contributed by atoms with Crippen molar-refractivity contribution in [2.75, 3.05) is 18.5 Å². The van der Waals surface area contributed by atoms with Gasteiger partial charge in [0.1, 0.15) is 5.82 Å². The zero-order valence-electron chi connectivity index (χ0n) is 10.1. The molecular weight excluding hydrogens is 264 g/mol. The van der Waals surface area contributed by atoms with Gasteiger partial charge in [-0.15, -0.1) is 0 Å². The lowest BCUT2D eigenvalue weighted by molar-refractivity contribution is -0.137. The number of alkyl halides is 3. The average Bonchev–Trinajstić information content (AvgIpc) is 2.69. The molecule has 0 aromatic heterocycles. The fourth-order valence-electron chi connectivity index (χ4n) is 2.08. The topological polar surface area (TPSA) is 32.3 Å². The van der Waals surface area contributed by atoms with E-state index in [1.807, 2.05) is 0 Å². The van der Waals surface area contributed by atoms with Crippen LogP contribution in [-0.2, 0) is 11.0 Å². The van der Waals surface area contributed by atoms with Crippen LogP contribution in [0, 0.1) is 5.82 Å². The average molecular weight is 276 g/mol. The fourth-order valence-corrected chi connectivity index (χ4v) is 2.08. The SMILES string of the molecule is CNC1CCN(c2cc(C(F)(F)F)ccc2F)C1=O. The van der Waals surface area contributed by atoms with E-state index in [1.165, 1.54) is 0 Å². The van der Waals surface area contributed by atoms with E-state index in [0.717, 1.165) is 11.0 Å². The summed E-state index contributed by atoms with van der Waals surface area (Å²) in [5, 5.41) is 2.74. The van der Waals surface area contributed by atoms with Crippen molar-refractivity contribution in [2.45, 2.75) is 18.6 Å². The van der Waals surface area contributed by atoms with Gasteiger partial charge in [0.15, 0.2) is 0 Å². The monoisotopic (exact) mass is 276 g/mol. The maximum atomic E-state index is 13.6. The minimum atomic E-state index is -4.56. The number of anilines is 1. The van der Waals surface area contributed by atoms with E-state index >= 15 is 0 Å². The Kier molecular flexibility index (Phi) is 3.49. The predicted molar refractivity (Wildman–Crippen MR) is 61.2 cm³/mol. The number of carbonyl (C=O) groups excluding carboxylic acids is 1. The number of hydrogen-bond donors (Lipinski definition) is 1. The van der Waals surface area contributed by atoms with E-state index in [4.69, 9.17) is 0 Å². The van der Waals surface area contributed by atoms with Gasteiger partial charge < -0.3 is 10.2 Å². The number of hydrogen-bond acceptors (Lipinski definition) is 2. The van der Waals surface area contributed by atoms with Crippen LogP contribution in [0.5, 0.6) is 0 Å². The largest absolute Gasteiger partial charge is 0.416 e. The number of halogens is 4. The van der Waals surface area contributed by atoms with E-state index in [-0.39, 0.29) is 12.2 Å². The first-order chi connectivity index (χ1) is 8.84. The molecule has 1 aromatic rings. The summed E-state index contributed by atoms with van der Waals surface area (Å²) in [6.07, 6.45) is -4.13. The number of nitrogens with zero attached hydrogens (tertiary/aromatic N) is 1. The molecule has 1 unspecified atom stereocenters. The highest BCUT2D eigenvalue weighted by Gasteiger charge is 2.36. The van der Waals surface area contributed by atoms with Gasteiger partial charge in [-0.05, 0) is 31.7 Å². The molecule has 0 spiro atoms. The number of benzene rings is 1. The summed E-state index contributed by atoms with van der Waals surface area (Å²) in [4.78, 5) is 12.9. The van der Waals surface area contributed by atoms with Gasteiger partial charge in [0.25, 0.3) is 0 Å². The molecule has 1 atom stereocenters. The first-order valence-electron chi connectivity index (χ1n) is 5.70. The van der Waals surface area contributed by atoms with Gasteiger partial charge in [-0.25, -0.2) is 4.39 Å². The van der Waals surface area contributed by atoms with Crippen LogP contribution in [0.1, 0.15) is 12.0 Å². The maximum Gasteiger partial charge on any atom is 0.416 e. The van der Waals surface area contributed by atoms with Gasteiger partial charge >= 0.3 is 6.18 Å². The Bertz CT molecular complexity index is 501. The van der Waals surface area contributed by atoms with Crippen LogP contribution < -0.4 is 10.2 Å². The minimum Gasteiger partial charge on any atom is -0.309 e. The Balaban J connectivity index is 2.37. The minimum absolute atomic E-state index is 0.197. The lowest BCUT2D eigenvalue weighted by atomic mass is 10.1. The number of amides is 1. The molecule has 1 saturated heterocycles. The molecule has 3 nitrogen and oxygen atoms in total. The summed E-state index contributed by atoms with van der Waals surface area (Å²) in [7, 11) is 1.58. The molecule has 1 aliphatic heterocycles. The molecule has 1 fully saturated rings. The van der Waals surface area contributed by atoms with E-state index in [1.54, 1.807) is 7.05 Å². The normalized spacial score (nSPS) is 20.2. The van der Waals surface area contributed by atoms with Crippen LogP contribution in [-0.4, -0.2) is 25.5 Å². The molecule has 1 aliphatic rings. The van der Waals surface area contributed by atoms with E-state index < -0.39 is 29.5 Å². The van der Waals surface area contributed by atoms with E-state index in [9.17, 15) is 22.4 Å². The first-order valence-corrected chi connectivity index (χ1v) is 5.70. The van der Waals surface area contributed by atoms with Crippen LogP contribution >= 0.6 is 0 Å². The molecule has 2 rings (SSSR count). The van der Waals surface area contributed by atoms with Gasteiger partial charge in [-0.2, -0.15) is 13.2 Å². The van der Waals surface area contributed by atoms with Crippen molar-refractivity contribution < 1.29 is 22.4 Å². The Morgan fingerprint density at radius 1 is 1.37 bits per heavy atom. The highest BCUT2D eigenvalue weighted by molar-refractivity contribution is 5.99. The van der Waals surface area contributed by atoms with Gasteiger partial charge in [-0.3, -0.25) is 4.79 Å². The second-order valence-corrected chi connectivity index (χ2v) is 4.28. The van der Waals surface area contributed by atoms with Crippen molar-refractivity contribution in [3.05, 3.63) is 29.6 Å². The highest BCUT2D eigenvalue weighted by Crippen LogP contribution is 2.34. The molecule has 7 heteroatoms.